The Morgan fingerprint density at radius 2 is 1.82 bits per heavy atom. The average Bonchev–Trinajstić information content (AvgIpc) is 2.83. The van der Waals surface area contributed by atoms with Crippen LogP contribution in [-0.4, -0.2) is 19.4 Å². The Labute approximate surface area is 194 Å². The fraction of sp³-hybridized carbons (Fsp3) is 0.333. The second-order valence-electron chi connectivity index (χ2n) is 8.25. The Kier molecular flexibility index (Phi) is 6.99. The lowest BCUT2D eigenvalue weighted by Crippen LogP contribution is -2.28. The number of allylic oxidation sites excluding steroid dienone is 3. The molecule has 1 atom stereocenters. The van der Waals surface area contributed by atoms with Crippen molar-refractivity contribution in [1.82, 2.24) is 5.32 Å². The number of carbonyl (C=O) groups excluding carboxylic acids is 1. The van der Waals surface area contributed by atoms with Gasteiger partial charge in [0.15, 0.2) is 0 Å². The molecule has 4 rings (SSSR count). The predicted octanol–water partition coefficient (Wildman–Crippen LogP) is 5.51. The van der Waals surface area contributed by atoms with Crippen LogP contribution in [0.25, 0.3) is 0 Å². The van der Waals surface area contributed by atoms with E-state index in [1.165, 1.54) is 11.1 Å². The molecule has 0 saturated heterocycles. The van der Waals surface area contributed by atoms with Gasteiger partial charge in [-0.05, 0) is 68.4 Å². The van der Waals surface area contributed by atoms with E-state index >= 15 is 0 Å². The van der Waals surface area contributed by atoms with Crippen LogP contribution in [0.4, 0.5) is 4.79 Å². The first-order chi connectivity index (χ1) is 16.1. The van der Waals surface area contributed by atoms with E-state index in [2.05, 4.69) is 17.5 Å². The average molecular weight is 445 g/mol. The SMILES string of the molecule is CC1=C(C#N)C(c2cccc3c2CCCC3)C(OC(=O)OCCOc2ccccc2)=C(C)N1. The van der Waals surface area contributed by atoms with Crippen molar-refractivity contribution in [3.8, 4) is 11.8 Å². The smallest absolute Gasteiger partial charge is 0.490 e. The molecule has 0 amide bonds. The topological polar surface area (TPSA) is 80.6 Å². The van der Waals surface area contributed by atoms with Crippen molar-refractivity contribution in [3.63, 3.8) is 0 Å². The largest absolute Gasteiger partial charge is 0.513 e. The quantitative estimate of drug-likeness (QED) is 0.467. The molecule has 1 aliphatic carbocycles. The maximum absolute atomic E-state index is 12.5. The number of rotatable bonds is 6. The van der Waals surface area contributed by atoms with Crippen molar-refractivity contribution >= 4 is 6.16 Å². The van der Waals surface area contributed by atoms with Crippen molar-refractivity contribution < 1.29 is 19.0 Å². The molecule has 1 N–H and O–H groups in total. The van der Waals surface area contributed by atoms with Crippen LogP contribution >= 0.6 is 0 Å². The third kappa shape index (κ3) is 5.04. The van der Waals surface area contributed by atoms with E-state index in [9.17, 15) is 10.1 Å². The van der Waals surface area contributed by atoms with E-state index in [0.717, 1.165) is 36.9 Å². The van der Waals surface area contributed by atoms with Crippen LogP contribution in [0.15, 0.2) is 71.3 Å². The highest BCUT2D eigenvalue weighted by Gasteiger charge is 2.34. The Morgan fingerprint density at radius 3 is 2.61 bits per heavy atom. The molecule has 170 valence electrons. The first-order valence-electron chi connectivity index (χ1n) is 11.3. The van der Waals surface area contributed by atoms with Gasteiger partial charge in [0.1, 0.15) is 24.7 Å². The molecule has 0 aromatic heterocycles. The van der Waals surface area contributed by atoms with Gasteiger partial charge in [0.05, 0.1) is 23.3 Å². The molecule has 0 fully saturated rings. The summed E-state index contributed by atoms with van der Waals surface area (Å²) in [4.78, 5) is 12.5. The summed E-state index contributed by atoms with van der Waals surface area (Å²) in [6, 6.07) is 17.9. The van der Waals surface area contributed by atoms with Crippen molar-refractivity contribution in [2.45, 2.75) is 45.4 Å². The highest BCUT2D eigenvalue weighted by molar-refractivity contribution is 5.64. The first kappa shape index (κ1) is 22.5. The Morgan fingerprint density at radius 1 is 1.03 bits per heavy atom. The molecule has 6 nitrogen and oxygen atoms in total. The van der Waals surface area contributed by atoms with Gasteiger partial charge in [0.2, 0.25) is 0 Å². The zero-order valence-electron chi connectivity index (χ0n) is 19.0. The number of para-hydroxylation sites is 1. The molecule has 2 aromatic rings. The van der Waals surface area contributed by atoms with Crippen LogP contribution in [0.1, 0.15) is 49.3 Å². The van der Waals surface area contributed by atoms with Crippen molar-refractivity contribution in [3.05, 3.63) is 87.9 Å². The normalized spacial score (nSPS) is 17.5. The number of benzene rings is 2. The summed E-state index contributed by atoms with van der Waals surface area (Å²) in [6.45, 7) is 3.99. The monoisotopic (exact) mass is 444 g/mol. The summed E-state index contributed by atoms with van der Waals surface area (Å²) in [7, 11) is 0. The number of nitrogens with zero attached hydrogens (tertiary/aromatic N) is 1. The number of dihydropyridines is 1. The molecule has 0 saturated carbocycles. The lowest BCUT2D eigenvalue weighted by Gasteiger charge is -2.31. The minimum absolute atomic E-state index is 0.0544. The molecule has 1 unspecified atom stereocenters. The molecule has 6 heteroatoms. The molecule has 2 aliphatic rings. The summed E-state index contributed by atoms with van der Waals surface area (Å²) in [5.74, 6) is 0.667. The number of ether oxygens (including phenoxy) is 3. The Hall–Kier alpha value is -3.72. The fourth-order valence-corrected chi connectivity index (χ4v) is 4.56. The molecule has 0 spiro atoms. The summed E-state index contributed by atoms with van der Waals surface area (Å²) < 4.78 is 16.5. The standard InChI is InChI=1S/C27H28N2O4/c1-18-24(17-28)25(23-14-8-10-20-9-6-7-13-22(20)23)26(19(2)29-18)33-27(30)32-16-15-31-21-11-4-3-5-12-21/h3-5,8,10-12,14,25,29H,6-7,9,13,15-16H2,1-2H3. The van der Waals surface area contributed by atoms with Gasteiger partial charge in [-0.1, -0.05) is 36.4 Å². The summed E-state index contributed by atoms with van der Waals surface area (Å²) in [6.07, 6.45) is 3.46. The van der Waals surface area contributed by atoms with Crippen LogP contribution in [0.5, 0.6) is 5.75 Å². The molecular formula is C27H28N2O4. The second kappa shape index (κ2) is 10.3. The van der Waals surface area contributed by atoms with Crippen LogP contribution in [0, 0.1) is 11.3 Å². The number of nitriles is 1. The predicted molar refractivity (Wildman–Crippen MR) is 124 cm³/mol. The highest BCUT2D eigenvalue weighted by Crippen LogP contribution is 2.41. The molecule has 33 heavy (non-hydrogen) atoms. The number of nitrogens with one attached hydrogen (secondary N) is 1. The maximum Gasteiger partial charge on any atom is 0.513 e. The zero-order chi connectivity index (χ0) is 23.2. The van der Waals surface area contributed by atoms with Gasteiger partial charge in [0, 0.05) is 5.70 Å². The molecular weight excluding hydrogens is 416 g/mol. The third-order valence-electron chi connectivity index (χ3n) is 6.07. The van der Waals surface area contributed by atoms with Gasteiger partial charge in [0.25, 0.3) is 0 Å². The van der Waals surface area contributed by atoms with Gasteiger partial charge < -0.3 is 19.5 Å². The van der Waals surface area contributed by atoms with Gasteiger partial charge in [-0.25, -0.2) is 4.79 Å². The number of hydrogen-bond acceptors (Lipinski definition) is 6. The molecule has 1 heterocycles. The minimum atomic E-state index is -0.811. The third-order valence-corrected chi connectivity index (χ3v) is 6.07. The molecule has 0 bridgehead atoms. The maximum atomic E-state index is 12.5. The lowest BCUT2D eigenvalue weighted by atomic mass is 9.78. The van der Waals surface area contributed by atoms with E-state index in [-0.39, 0.29) is 13.2 Å². The molecule has 0 radical (unpaired) electrons. The van der Waals surface area contributed by atoms with Crippen molar-refractivity contribution in [2.75, 3.05) is 13.2 Å². The van der Waals surface area contributed by atoms with Crippen LogP contribution < -0.4 is 10.1 Å². The van der Waals surface area contributed by atoms with Crippen LogP contribution in [-0.2, 0) is 22.3 Å². The van der Waals surface area contributed by atoms with Crippen molar-refractivity contribution in [1.29, 1.82) is 5.26 Å². The lowest BCUT2D eigenvalue weighted by molar-refractivity contribution is 0.0618. The first-order valence-corrected chi connectivity index (χ1v) is 11.3. The highest BCUT2D eigenvalue weighted by atomic mass is 16.7. The molecule has 1 aliphatic heterocycles. The summed E-state index contributed by atoms with van der Waals surface area (Å²) in [5.41, 5.74) is 5.61. The van der Waals surface area contributed by atoms with Gasteiger partial charge in [-0.2, -0.15) is 5.26 Å². The van der Waals surface area contributed by atoms with Crippen molar-refractivity contribution in [2.24, 2.45) is 0 Å². The molecule has 2 aromatic carbocycles. The van der Waals surface area contributed by atoms with Gasteiger partial charge in [-0.3, -0.25) is 0 Å². The fourth-order valence-electron chi connectivity index (χ4n) is 4.56. The van der Waals surface area contributed by atoms with E-state index in [4.69, 9.17) is 14.2 Å². The van der Waals surface area contributed by atoms with Gasteiger partial charge >= 0.3 is 6.16 Å². The number of aryl methyl sites for hydroxylation is 1. The van der Waals surface area contributed by atoms with Gasteiger partial charge in [-0.15, -0.1) is 0 Å². The second-order valence-corrected chi connectivity index (χ2v) is 8.25. The number of hydrogen-bond donors (Lipinski definition) is 1. The minimum Gasteiger partial charge on any atom is -0.490 e. The zero-order valence-corrected chi connectivity index (χ0v) is 19.0. The van der Waals surface area contributed by atoms with Crippen LogP contribution in [0.3, 0.4) is 0 Å². The Balaban J connectivity index is 1.51. The van der Waals surface area contributed by atoms with E-state index in [1.807, 2.05) is 56.3 Å². The van der Waals surface area contributed by atoms with Crippen LogP contribution in [0.2, 0.25) is 0 Å². The number of carbonyl (C=O) groups is 1. The van der Waals surface area contributed by atoms with E-state index in [0.29, 0.717) is 22.8 Å². The number of fused-ring (bicyclic) bond motifs is 1. The van der Waals surface area contributed by atoms with E-state index < -0.39 is 12.1 Å². The van der Waals surface area contributed by atoms with E-state index in [1.54, 1.807) is 0 Å². The summed E-state index contributed by atoms with van der Waals surface area (Å²) >= 11 is 0. The summed E-state index contributed by atoms with van der Waals surface area (Å²) in [5, 5.41) is 13.1. The Bertz CT molecular complexity index is 1130.